The van der Waals surface area contributed by atoms with Crippen LogP contribution in [0.5, 0.6) is 5.75 Å². The summed E-state index contributed by atoms with van der Waals surface area (Å²) in [5, 5.41) is 2.37. The molecule has 0 saturated heterocycles. The number of benzene rings is 6. The van der Waals surface area contributed by atoms with Gasteiger partial charge in [-0.1, -0.05) is 152 Å². The third kappa shape index (κ3) is 4.83. The molecule has 3 heteroatoms. The molecule has 0 N–H and O–H groups in total. The standard InChI is InChI=1S/C45H32N2O/c1-45-28-10-18-37(43(45)39-16-7-8-19-42(39)48-45)33-24-20-30(21-25-33)31-22-26-34(27-23-31)40-29-41(47-44(46-40)35-12-3-2-4-13-35)38-17-9-14-32-11-5-6-15-36(32)38/h2-29,43H,1H3. The van der Waals surface area contributed by atoms with E-state index in [1.165, 1.54) is 33.0 Å². The van der Waals surface area contributed by atoms with Gasteiger partial charge in [0, 0.05) is 22.3 Å². The van der Waals surface area contributed by atoms with Crippen LogP contribution < -0.4 is 4.74 Å². The fourth-order valence-electron chi connectivity index (χ4n) is 7.31. The lowest BCUT2D eigenvalue weighted by Gasteiger charge is -2.32. The highest BCUT2D eigenvalue weighted by Crippen LogP contribution is 2.53. The molecule has 0 saturated carbocycles. The summed E-state index contributed by atoms with van der Waals surface area (Å²) >= 11 is 0. The summed E-state index contributed by atoms with van der Waals surface area (Å²) in [6, 6.07) is 53.2. The highest BCUT2D eigenvalue weighted by atomic mass is 16.5. The first kappa shape index (κ1) is 28.2. The first-order valence-corrected chi connectivity index (χ1v) is 16.4. The van der Waals surface area contributed by atoms with Crippen LogP contribution in [0.2, 0.25) is 0 Å². The Morgan fingerprint density at radius 1 is 0.562 bits per heavy atom. The molecule has 7 aromatic rings. The van der Waals surface area contributed by atoms with E-state index in [2.05, 4.69) is 153 Å². The summed E-state index contributed by atoms with van der Waals surface area (Å²) in [6.07, 6.45) is 6.55. The second-order valence-corrected chi connectivity index (χ2v) is 12.7. The summed E-state index contributed by atoms with van der Waals surface area (Å²) in [6.45, 7) is 2.18. The smallest absolute Gasteiger partial charge is 0.160 e. The first-order valence-electron chi connectivity index (χ1n) is 16.4. The first-order chi connectivity index (χ1) is 23.6. The minimum absolute atomic E-state index is 0.163. The van der Waals surface area contributed by atoms with Gasteiger partial charge in [-0.25, -0.2) is 9.97 Å². The van der Waals surface area contributed by atoms with Crippen LogP contribution in [0.3, 0.4) is 0 Å². The molecule has 2 unspecified atom stereocenters. The molecule has 48 heavy (non-hydrogen) atoms. The Morgan fingerprint density at radius 2 is 1.21 bits per heavy atom. The molecule has 0 fully saturated rings. The maximum absolute atomic E-state index is 6.44. The lowest BCUT2D eigenvalue weighted by Crippen LogP contribution is -2.34. The van der Waals surface area contributed by atoms with E-state index in [0.717, 1.165) is 39.4 Å². The third-order valence-corrected chi connectivity index (χ3v) is 9.70. The summed E-state index contributed by atoms with van der Waals surface area (Å²) in [5.74, 6) is 1.85. The zero-order valence-corrected chi connectivity index (χ0v) is 26.5. The molecule has 6 aromatic carbocycles. The molecule has 1 aliphatic heterocycles. The Kier molecular flexibility index (Phi) is 6.65. The lowest BCUT2D eigenvalue weighted by molar-refractivity contribution is 0.158. The zero-order valence-electron chi connectivity index (χ0n) is 26.5. The van der Waals surface area contributed by atoms with Gasteiger partial charge in [0.25, 0.3) is 0 Å². The number of para-hydroxylation sites is 1. The van der Waals surface area contributed by atoms with Gasteiger partial charge >= 0.3 is 0 Å². The van der Waals surface area contributed by atoms with Gasteiger partial charge in [0.15, 0.2) is 5.82 Å². The third-order valence-electron chi connectivity index (χ3n) is 9.70. The van der Waals surface area contributed by atoms with Gasteiger partial charge < -0.3 is 4.74 Å². The molecule has 2 atom stereocenters. The SMILES string of the molecule is CC12C=CC=C(c3ccc(-c4ccc(-c5cc(-c6cccc7ccccc67)nc(-c6ccccc6)n5)cc4)cc3)C1c1ccccc1O2. The molecule has 0 amide bonds. The average molecular weight is 617 g/mol. The monoisotopic (exact) mass is 616 g/mol. The van der Waals surface area contributed by atoms with E-state index in [-0.39, 0.29) is 11.5 Å². The minimum Gasteiger partial charge on any atom is -0.482 e. The quantitative estimate of drug-likeness (QED) is 0.193. The molecule has 9 rings (SSSR count). The Hall–Kier alpha value is -6.06. The number of ether oxygens (including phenoxy) is 1. The van der Waals surface area contributed by atoms with Crippen LogP contribution in [-0.2, 0) is 0 Å². The fourth-order valence-corrected chi connectivity index (χ4v) is 7.31. The average Bonchev–Trinajstić information content (AvgIpc) is 3.47. The molecule has 3 nitrogen and oxygen atoms in total. The van der Waals surface area contributed by atoms with E-state index in [9.17, 15) is 0 Å². The molecule has 1 aromatic heterocycles. The van der Waals surface area contributed by atoms with Crippen LogP contribution in [0, 0.1) is 0 Å². The van der Waals surface area contributed by atoms with Crippen LogP contribution >= 0.6 is 0 Å². The van der Waals surface area contributed by atoms with Crippen LogP contribution in [0.1, 0.15) is 24.0 Å². The van der Waals surface area contributed by atoms with Crippen LogP contribution in [0.25, 0.3) is 61.4 Å². The number of hydrogen-bond acceptors (Lipinski definition) is 3. The molecular weight excluding hydrogens is 585 g/mol. The molecule has 0 radical (unpaired) electrons. The van der Waals surface area contributed by atoms with Crippen molar-refractivity contribution in [3.8, 4) is 50.8 Å². The lowest BCUT2D eigenvalue weighted by atomic mass is 9.74. The Labute approximate surface area is 280 Å². The number of nitrogens with zero attached hydrogens (tertiary/aromatic N) is 2. The molecule has 0 spiro atoms. The zero-order chi connectivity index (χ0) is 32.1. The molecule has 1 aliphatic carbocycles. The predicted molar refractivity (Wildman–Crippen MR) is 197 cm³/mol. The number of allylic oxidation sites excluding steroid dienone is 2. The molecule has 228 valence electrons. The Morgan fingerprint density at radius 3 is 2.02 bits per heavy atom. The topological polar surface area (TPSA) is 35.0 Å². The van der Waals surface area contributed by atoms with Gasteiger partial charge in [-0.3, -0.25) is 0 Å². The van der Waals surface area contributed by atoms with Crippen molar-refractivity contribution in [1.29, 1.82) is 0 Å². The Balaban J connectivity index is 1.05. The molecule has 2 aliphatic rings. The number of fused-ring (bicyclic) bond motifs is 4. The van der Waals surface area contributed by atoms with Gasteiger partial charge in [0.1, 0.15) is 11.4 Å². The van der Waals surface area contributed by atoms with Crippen LogP contribution in [0.15, 0.2) is 170 Å². The second-order valence-electron chi connectivity index (χ2n) is 12.7. The summed E-state index contributed by atoms with van der Waals surface area (Å²) in [5.41, 5.74) is 10.7. The summed E-state index contributed by atoms with van der Waals surface area (Å²) in [4.78, 5) is 10.1. The minimum atomic E-state index is -0.378. The van der Waals surface area contributed by atoms with Crippen molar-refractivity contribution in [1.82, 2.24) is 9.97 Å². The van der Waals surface area contributed by atoms with E-state index in [0.29, 0.717) is 5.82 Å². The van der Waals surface area contributed by atoms with Gasteiger partial charge in [0.2, 0.25) is 0 Å². The number of rotatable bonds is 5. The normalized spacial score (nSPS) is 17.8. The molecular formula is C45H32N2O. The van der Waals surface area contributed by atoms with Crippen molar-refractivity contribution in [2.75, 3.05) is 0 Å². The highest BCUT2D eigenvalue weighted by molar-refractivity contribution is 5.96. The highest BCUT2D eigenvalue weighted by Gasteiger charge is 2.46. The van der Waals surface area contributed by atoms with Gasteiger partial charge in [-0.15, -0.1) is 0 Å². The summed E-state index contributed by atoms with van der Waals surface area (Å²) in [7, 11) is 0. The van der Waals surface area contributed by atoms with E-state index < -0.39 is 0 Å². The maximum Gasteiger partial charge on any atom is 0.160 e. The van der Waals surface area contributed by atoms with E-state index in [1.807, 2.05) is 24.3 Å². The fraction of sp³-hybridized carbons (Fsp3) is 0.0667. The van der Waals surface area contributed by atoms with Crippen molar-refractivity contribution in [3.63, 3.8) is 0 Å². The second kappa shape index (κ2) is 11.3. The Bertz CT molecular complexity index is 2370. The summed E-state index contributed by atoms with van der Waals surface area (Å²) < 4.78 is 6.44. The maximum atomic E-state index is 6.44. The van der Waals surface area contributed by atoms with Gasteiger partial charge in [-0.2, -0.15) is 0 Å². The van der Waals surface area contributed by atoms with Gasteiger partial charge in [0.05, 0.1) is 17.3 Å². The largest absolute Gasteiger partial charge is 0.482 e. The number of aromatic nitrogens is 2. The van der Waals surface area contributed by atoms with Gasteiger partial charge in [-0.05, 0) is 58.2 Å². The van der Waals surface area contributed by atoms with Crippen molar-refractivity contribution in [3.05, 3.63) is 181 Å². The van der Waals surface area contributed by atoms with Crippen molar-refractivity contribution < 1.29 is 4.74 Å². The van der Waals surface area contributed by atoms with Crippen molar-refractivity contribution in [2.45, 2.75) is 18.4 Å². The van der Waals surface area contributed by atoms with Crippen LogP contribution in [-0.4, -0.2) is 15.6 Å². The molecule has 2 heterocycles. The van der Waals surface area contributed by atoms with E-state index in [4.69, 9.17) is 14.7 Å². The van der Waals surface area contributed by atoms with Crippen molar-refractivity contribution >= 4 is 16.3 Å². The van der Waals surface area contributed by atoms with Crippen molar-refractivity contribution in [2.24, 2.45) is 0 Å². The van der Waals surface area contributed by atoms with E-state index in [1.54, 1.807) is 0 Å². The van der Waals surface area contributed by atoms with Crippen LogP contribution in [0.4, 0.5) is 0 Å². The van der Waals surface area contributed by atoms with E-state index >= 15 is 0 Å². The molecule has 0 bridgehead atoms. The number of hydrogen-bond donors (Lipinski definition) is 0. The predicted octanol–water partition coefficient (Wildman–Crippen LogP) is 11.2.